The van der Waals surface area contributed by atoms with Crippen molar-refractivity contribution in [2.24, 2.45) is 5.92 Å². The van der Waals surface area contributed by atoms with Gasteiger partial charge in [-0.2, -0.15) is 0 Å². The van der Waals surface area contributed by atoms with Gasteiger partial charge in [0.1, 0.15) is 0 Å². The second-order valence-corrected chi connectivity index (χ2v) is 6.96. The molecule has 1 aromatic carbocycles. The maximum Gasteiger partial charge on any atom is 0.224 e. The lowest BCUT2D eigenvalue weighted by molar-refractivity contribution is -0.122. The largest absolute Gasteiger partial charge is 0.354 e. The topological polar surface area (TPSA) is 41.1 Å². The highest BCUT2D eigenvalue weighted by Gasteiger charge is 2.59. The molecule has 1 heterocycles. The number of nitrogens with one attached hydrogen (secondary N) is 2. The van der Waals surface area contributed by atoms with Gasteiger partial charge in [-0.1, -0.05) is 24.3 Å². The average Bonchev–Trinajstić information content (AvgIpc) is 2.98. The van der Waals surface area contributed by atoms with Crippen LogP contribution in [0.25, 0.3) is 0 Å². The van der Waals surface area contributed by atoms with Gasteiger partial charge in [0.25, 0.3) is 0 Å². The van der Waals surface area contributed by atoms with Crippen LogP contribution >= 0.6 is 0 Å². The van der Waals surface area contributed by atoms with Crippen molar-refractivity contribution in [2.45, 2.75) is 50.0 Å². The summed E-state index contributed by atoms with van der Waals surface area (Å²) < 4.78 is 0. The highest BCUT2D eigenvalue weighted by Crippen LogP contribution is 2.60. The van der Waals surface area contributed by atoms with Crippen LogP contribution in [0.1, 0.15) is 43.2 Å². The fourth-order valence-electron chi connectivity index (χ4n) is 4.45. The molecule has 112 valence electrons. The Bertz CT molecular complexity index is 550. The normalized spacial score (nSPS) is 33.7. The molecule has 2 fully saturated rings. The predicted octanol–water partition coefficient (Wildman–Crippen LogP) is 2.15. The lowest BCUT2D eigenvalue weighted by Crippen LogP contribution is -2.39. The number of carbonyl (C=O) groups is 1. The molecule has 1 spiro atoms. The molecule has 2 N–H and O–H groups in total. The summed E-state index contributed by atoms with van der Waals surface area (Å²) >= 11 is 0. The number of hydrogen-bond acceptors (Lipinski definition) is 2. The standard InChI is InChI=1S/C18H24N2O/c21-17(20-12-14-7-4-10-19-14)16-11-18(16)9-3-6-13-5-1-2-8-15(13)18/h1-2,5,8,14,16,19H,3-4,6-7,9-12H2,(H,20,21). The van der Waals surface area contributed by atoms with Crippen LogP contribution in [0.5, 0.6) is 0 Å². The van der Waals surface area contributed by atoms with E-state index in [2.05, 4.69) is 34.9 Å². The van der Waals surface area contributed by atoms with Crippen LogP contribution in [0.15, 0.2) is 24.3 Å². The van der Waals surface area contributed by atoms with Gasteiger partial charge in [0, 0.05) is 23.9 Å². The average molecular weight is 284 g/mol. The summed E-state index contributed by atoms with van der Waals surface area (Å²) in [7, 11) is 0. The van der Waals surface area contributed by atoms with Crippen molar-refractivity contribution in [1.29, 1.82) is 0 Å². The fraction of sp³-hybridized carbons (Fsp3) is 0.611. The Morgan fingerprint density at radius 2 is 2.24 bits per heavy atom. The molecule has 0 radical (unpaired) electrons. The Kier molecular flexibility index (Phi) is 3.26. The molecule has 1 aliphatic heterocycles. The van der Waals surface area contributed by atoms with E-state index in [1.54, 1.807) is 0 Å². The maximum atomic E-state index is 12.5. The summed E-state index contributed by atoms with van der Waals surface area (Å²) in [5, 5.41) is 6.63. The third-order valence-electron chi connectivity index (χ3n) is 5.70. The number of amides is 1. The van der Waals surface area contributed by atoms with E-state index in [1.165, 1.54) is 43.2 Å². The van der Waals surface area contributed by atoms with Crippen LogP contribution < -0.4 is 10.6 Å². The minimum atomic E-state index is 0.169. The maximum absolute atomic E-state index is 12.5. The number of rotatable bonds is 3. The van der Waals surface area contributed by atoms with E-state index in [4.69, 9.17) is 0 Å². The number of aryl methyl sites for hydroxylation is 1. The van der Waals surface area contributed by atoms with E-state index >= 15 is 0 Å². The molecule has 3 aliphatic rings. The van der Waals surface area contributed by atoms with Crippen molar-refractivity contribution >= 4 is 5.91 Å². The molecule has 3 heteroatoms. The minimum absolute atomic E-state index is 0.169. The van der Waals surface area contributed by atoms with E-state index < -0.39 is 0 Å². The number of benzene rings is 1. The first kappa shape index (κ1) is 13.3. The van der Waals surface area contributed by atoms with Crippen LogP contribution in [-0.2, 0) is 16.6 Å². The Morgan fingerprint density at radius 1 is 1.33 bits per heavy atom. The second kappa shape index (κ2) is 5.13. The van der Waals surface area contributed by atoms with E-state index in [0.717, 1.165) is 19.5 Å². The molecule has 0 aromatic heterocycles. The van der Waals surface area contributed by atoms with Crippen molar-refractivity contribution in [1.82, 2.24) is 10.6 Å². The molecule has 2 aliphatic carbocycles. The summed E-state index contributed by atoms with van der Waals surface area (Å²) in [5.41, 5.74) is 3.09. The van der Waals surface area contributed by atoms with Gasteiger partial charge >= 0.3 is 0 Å². The van der Waals surface area contributed by atoms with Crippen molar-refractivity contribution in [3.63, 3.8) is 0 Å². The lowest BCUT2D eigenvalue weighted by Gasteiger charge is -2.26. The van der Waals surface area contributed by atoms with Gasteiger partial charge in [-0.05, 0) is 56.2 Å². The summed E-state index contributed by atoms with van der Waals surface area (Å²) in [4.78, 5) is 12.5. The van der Waals surface area contributed by atoms with Crippen LogP contribution in [0, 0.1) is 5.92 Å². The molecular formula is C18H24N2O. The summed E-state index contributed by atoms with van der Waals surface area (Å²) in [6.07, 6.45) is 7.07. The molecular weight excluding hydrogens is 260 g/mol. The third kappa shape index (κ3) is 2.28. The van der Waals surface area contributed by atoms with Gasteiger partial charge in [0.05, 0.1) is 0 Å². The zero-order valence-corrected chi connectivity index (χ0v) is 12.5. The summed E-state index contributed by atoms with van der Waals surface area (Å²) in [6, 6.07) is 9.23. The molecule has 1 aromatic rings. The van der Waals surface area contributed by atoms with E-state index in [1.807, 2.05) is 0 Å². The number of carbonyl (C=O) groups excluding carboxylic acids is 1. The third-order valence-corrected chi connectivity index (χ3v) is 5.70. The van der Waals surface area contributed by atoms with Gasteiger partial charge in [-0.15, -0.1) is 0 Å². The minimum Gasteiger partial charge on any atom is -0.354 e. The molecule has 3 unspecified atom stereocenters. The van der Waals surface area contributed by atoms with Crippen molar-refractivity contribution in [2.75, 3.05) is 13.1 Å². The first-order valence-electron chi connectivity index (χ1n) is 8.39. The van der Waals surface area contributed by atoms with Gasteiger partial charge in [-0.25, -0.2) is 0 Å². The summed E-state index contributed by atoms with van der Waals surface area (Å²) in [6.45, 7) is 1.90. The lowest BCUT2D eigenvalue weighted by atomic mass is 9.78. The van der Waals surface area contributed by atoms with Crippen molar-refractivity contribution < 1.29 is 4.79 Å². The highest BCUT2D eigenvalue weighted by molar-refractivity contribution is 5.84. The smallest absolute Gasteiger partial charge is 0.224 e. The molecule has 21 heavy (non-hydrogen) atoms. The monoisotopic (exact) mass is 284 g/mol. The van der Waals surface area contributed by atoms with Crippen LogP contribution in [0.2, 0.25) is 0 Å². The van der Waals surface area contributed by atoms with Gasteiger partial charge in [-0.3, -0.25) is 4.79 Å². The second-order valence-electron chi connectivity index (χ2n) is 6.96. The Labute approximate surface area is 126 Å². The first-order valence-corrected chi connectivity index (χ1v) is 8.39. The van der Waals surface area contributed by atoms with Crippen LogP contribution in [0.3, 0.4) is 0 Å². The van der Waals surface area contributed by atoms with Crippen molar-refractivity contribution in [3.8, 4) is 0 Å². The van der Waals surface area contributed by atoms with Gasteiger partial charge in [0.2, 0.25) is 5.91 Å². The zero-order chi connectivity index (χ0) is 14.3. The van der Waals surface area contributed by atoms with E-state index in [0.29, 0.717) is 6.04 Å². The fourth-order valence-corrected chi connectivity index (χ4v) is 4.45. The SMILES string of the molecule is O=C(NCC1CCCN1)C1CC12CCCc1ccccc12. The van der Waals surface area contributed by atoms with Crippen LogP contribution in [-0.4, -0.2) is 25.0 Å². The molecule has 1 amide bonds. The number of hydrogen-bond donors (Lipinski definition) is 2. The Balaban J connectivity index is 1.44. The molecule has 3 nitrogen and oxygen atoms in total. The van der Waals surface area contributed by atoms with Gasteiger partial charge < -0.3 is 10.6 Å². The Morgan fingerprint density at radius 3 is 3.10 bits per heavy atom. The van der Waals surface area contributed by atoms with Crippen molar-refractivity contribution in [3.05, 3.63) is 35.4 Å². The first-order chi connectivity index (χ1) is 10.3. The van der Waals surface area contributed by atoms with Crippen LogP contribution in [0.4, 0.5) is 0 Å². The molecule has 0 bridgehead atoms. The molecule has 4 rings (SSSR count). The molecule has 3 atom stereocenters. The van der Waals surface area contributed by atoms with Gasteiger partial charge in [0.15, 0.2) is 0 Å². The number of fused-ring (bicyclic) bond motifs is 2. The quantitative estimate of drug-likeness (QED) is 0.893. The molecule has 1 saturated carbocycles. The highest BCUT2D eigenvalue weighted by atomic mass is 16.2. The molecule has 1 saturated heterocycles. The zero-order valence-electron chi connectivity index (χ0n) is 12.5. The van der Waals surface area contributed by atoms with E-state index in [-0.39, 0.29) is 17.2 Å². The Hall–Kier alpha value is -1.35. The summed E-state index contributed by atoms with van der Waals surface area (Å²) in [5.74, 6) is 0.487. The van der Waals surface area contributed by atoms with E-state index in [9.17, 15) is 4.79 Å². The predicted molar refractivity (Wildman–Crippen MR) is 83.2 cm³/mol.